The molecule has 0 spiro atoms. The van der Waals surface area contributed by atoms with Gasteiger partial charge in [0.05, 0.1) is 29.9 Å². The fraction of sp³-hybridized carbons (Fsp3) is 0.474. The summed E-state index contributed by atoms with van der Waals surface area (Å²) in [5, 5.41) is 8.40. The van der Waals surface area contributed by atoms with E-state index in [0.717, 1.165) is 35.4 Å². The van der Waals surface area contributed by atoms with Crippen molar-refractivity contribution in [2.24, 2.45) is 11.0 Å². The Morgan fingerprint density at radius 3 is 2.88 bits per heavy atom. The normalized spacial score (nSPS) is 26.7. The van der Waals surface area contributed by atoms with Gasteiger partial charge in [-0.05, 0) is 42.3 Å². The van der Waals surface area contributed by atoms with Crippen LogP contribution in [0.4, 0.5) is 0 Å². The summed E-state index contributed by atoms with van der Waals surface area (Å²) in [4.78, 5) is 15.5. The van der Waals surface area contributed by atoms with Gasteiger partial charge < -0.3 is 9.32 Å². The second kappa shape index (κ2) is 7.14. The lowest BCUT2D eigenvalue weighted by Gasteiger charge is -2.28. The molecule has 0 unspecified atom stereocenters. The van der Waals surface area contributed by atoms with E-state index in [1.54, 1.807) is 22.6 Å². The van der Waals surface area contributed by atoms with Crippen molar-refractivity contribution in [1.82, 2.24) is 5.01 Å². The Hall–Kier alpha value is -1.92. The van der Waals surface area contributed by atoms with Gasteiger partial charge in [-0.25, -0.2) is 5.01 Å². The third-order valence-electron chi connectivity index (χ3n) is 5.23. The number of carbonyl (C=O) groups is 1. The van der Waals surface area contributed by atoms with Crippen molar-refractivity contribution in [2.45, 2.75) is 32.2 Å². The number of rotatable bonds is 4. The number of thiophene rings is 1. The van der Waals surface area contributed by atoms with Gasteiger partial charge in [0.1, 0.15) is 11.8 Å². The number of carbonyl (C=O) groups excluding carboxylic acids is 1. The highest BCUT2D eigenvalue weighted by Gasteiger charge is 2.36. The molecule has 0 saturated carbocycles. The van der Waals surface area contributed by atoms with E-state index in [0.29, 0.717) is 13.0 Å². The summed E-state index contributed by atoms with van der Waals surface area (Å²) in [6.45, 7) is 4.97. The molecule has 1 saturated heterocycles. The number of quaternary nitrogens is 1. The van der Waals surface area contributed by atoms with E-state index in [-0.39, 0.29) is 11.9 Å². The Bertz CT molecular complexity index is 731. The maximum Gasteiger partial charge on any atom is 0.298 e. The van der Waals surface area contributed by atoms with Crippen molar-refractivity contribution in [1.29, 1.82) is 0 Å². The summed E-state index contributed by atoms with van der Waals surface area (Å²) < 4.78 is 5.60. The van der Waals surface area contributed by atoms with Gasteiger partial charge in [-0.2, -0.15) is 5.10 Å². The van der Waals surface area contributed by atoms with Crippen LogP contribution >= 0.6 is 11.3 Å². The highest BCUT2D eigenvalue weighted by molar-refractivity contribution is 7.12. The molecule has 2 aliphatic rings. The molecule has 2 aromatic heterocycles. The Morgan fingerprint density at radius 2 is 2.20 bits per heavy atom. The number of hydrazone groups is 1. The van der Waals surface area contributed by atoms with Crippen molar-refractivity contribution >= 4 is 23.0 Å². The molecule has 1 fully saturated rings. The zero-order chi connectivity index (χ0) is 17.2. The van der Waals surface area contributed by atoms with Gasteiger partial charge in [0.25, 0.3) is 5.91 Å². The molecule has 0 bridgehead atoms. The number of hydrogen-bond acceptors (Lipinski definition) is 4. The Labute approximate surface area is 151 Å². The van der Waals surface area contributed by atoms with E-state index in [9.17, 15) is 4.79 Å². The second-order valence-electron chi connectivity index (χ2n) is 7.11. The summed E-state index contributed by atoms with van der Waals surface area (Å²) in [6.07, 6.45) is 4.78. The number of nitrogens with zero attached hydrogens (tertiary/aromatic N) is 2. The van der Waals surface area contributed by atoms with E-state index >= 15 is 0 Å². The van der Waals surface area contributed by atoms with Gasteiger partial charge in [0, 0.05) is 6.42 Å². The molecule has 25 heavy (non-hydrogen) atoms. The number of furan rings is 1. The van der Waals surface area contributed by atoms with Gasteiger partial charge in [-0.1, -0.05) is 13.0 Å². The quantitative estimate of drug-likeness (QED) is 0.912. The number of nitrogens with one attached hydrogen (secondary N) is 1. The molecule has 2 aromatic rings. The third kappa shape index (κ3) is 3.55. The van der Waals surface area contributed by atoms with Crippen molar-refractivity contribution in [3.63, 3.8) is 0 Å². The summed E-state index contributed by atoms with van der Waals surface area (Å²) in [5.41, 5.74) is 0.979. The Kier molecular flexibility index (Phi) is 4.72. The lowest BCUT2D eigenvalue weighted by Crippen LogP contribution is -3.14. The lowest BCUT2D eigenvalue weighted by molar-refractivity contribution is -0.898. The van der Waals surface area contributed by atoms with E-state index in [1.165, 1.54) is 17.7 Å². The number of piperidine rings is 1. The summed E-state index contributed by atoms with van der Waals surface area (Å²) in [6, 6.07) is 7.77. The van der Waals surface area contributed by atoms with Gasteiger partial charge in [-0.15, -0.1) is 11.3 Å². The highest BCUT2D eigenvalue weighted by Crippen LogP contribution is 2.33. The lowest BCUT2D eigenvalue weighted by atomic mass is 9.99. The van der Waals surface area contributed by atoms with Crippen LogP contribution in [-0.4, -0.2) is 36.3 Å². The van der Waals surface area contributed by atoms with Crippen LogP contribution in [0.3, 0.4) is 0 Å². The SMILES string of the molecule is CC1CC[NH+](CC(=O)N2N=C(c3cccs3)C[C@H]2c2ccco2)CC1. The predicted octanol–water partition coefficient (Wildman–Crippen LogP) is 2.33. The first-order valence-corrected chi connectivity index (χ1v) is 9.89. The average molecular weight is 358 g/mol. The van der Waals surface area contributed by atoms with E-state index in [1.807, 2.05) is 23.6 Å². The maximum atomic E-state index is 13.0. The Morgan fingerprint density at radius 1 is 1.36 bits per heavy atom. The zero-order valence-corrected chi connectivity index (χ0v) is 15.3. The number of hydrogen-bond donors (Lipinski definition) is 1. The van der Waals surface area contributed by atoms with Gasteiger partial charge in [-0.3, -0.25) is 4.79 Å². The summed E-state index contributed by atoms with van der Waals surface area (Å²) in [7, 11) is 0. The smallest absolute Gasteiger partial charge is 0.298 e. The Balaban J connectivity index is 1.52. The van der Waals surface area contributed by atoms with Crippen molar-refractivity contribution in [2.75, 3.05) is 19.6 Å². The van der Waals surface area contributed by atoms with Crippen molar-refractivity contribution < 1.29 is 14.1 Å². The summed E-state index contributed by atoms with van der Waals surface area (Å²) in [5.74, 6) is 1.69. The second-order valence-corrected chi connectivity index (χ2v) is 8.05. The molecule has 132 valence electrons. The molecule has 6 heteroatoms. The van der Waals surface area contributed by atoms with Crippen LogP contribution in [0.2, 0.25) is 0 Å². The van der Waals surface area contributed by atoms with Gasteiger partial charge in [0.2, 0.25) is 0 Å². The minimum absolute atomic E-state index is 0.0949. The van der Waals surface area contributed by atoms with E-state index < -0.39 is 0 Å². The van der Waals surface area contributed by atoms with Crippen LogP contribution in [0.1, 0.15) is 42.9 Å². The van der Waals surface area contributed by atoms with Crippen LogP contribution < -0.4 is 4.90 Å². The first-order chi connectivity index (χ1) is 12.2. The molecule has 0 aliphatic carbocycles. The number of amides is 1. The van der Waals surface area contributed by atoms with Crippen molar-refractivity contribution in [3.8, 4) is 0 Å². The summed E-state index contributed by atoms with van der Waals surface area (Å²) >= 11 is 1.66. The number of likely N-dealkylation sites (tertiary alicyclic amines) is 1. The molecular weight excluding hydrogens is 334 g/mol. The maximum absolute atomic E-state index is 13.0. The van der Waals surface area contributed by atoms with E-state index in [4.69, 9.17) is 4.42 Å². The molecule has 4 rings (SSSR count). The first-order valence-electron chi connectivity index (χ1n) is 9.01. The minimum Gasteiger partial charge on any atom is -0.467 e. The molecule has 5 nitrogen and oxygen atoms in total. The third-order valence-corrected chi connectivity index (χ3v) is 6.14. The van der Waals surface area contributed by atoms with Crippen LogP contribution in [0.25, 0.3) is 0 Å². The van der Waals surface area contributed by atoms with Crippen LogP contribution in [-0.2, 0) is 4.79 Å². The monoisotopic (exact) mass is 358 g/mol. The van der Waals surface area contributed by atoms with Gasteiger partial charge in [0.15, 0.2) is 6.54 Å². The molecule has 1 N–H and O–H groups in total. The zero-order valence-electron chi connectivity index (χ0n) is 14.5. The molecule has 2 aliphatic heterocycles. The largest absolute Gasteiger partial charge is 0.467 e. The molecule has 1 amide bonds. The fourth-order valence-corrected chi connectivity index (χ4v) is 4.40. The molecular formula is C19H24N3O2S+. The topological polar surface area (TPSA) is 50.2 Å². The average Bonchev–Trinajstić information content (AvgIpc) is 3.36. The fourth-order valence-electron chi connectivity index (χ4n) is 3.68. The van der Waals surface area contributed by atoms with Gasteiger partial charge >= 0.3 is 0 Å². The molecule has 0 radical (unpaired) electrons. The van der Waals surface area contributed by atoms with Crippen LogP contribution in [0.15, 0.2) is 45.4 Å². The predicted molar refractivity (Wildman–Crippen MR) is 97.7 cm³/mol. The molecule has 4 heterocycles. The molecule has 0 aromatic carbocycles. The minimum atomic E-state index is -0.122. The van der Waals surface area contributed by atoms with Crippen LogP contribution in [0, 0.1) is 5.92 Å². The highest BCUT2D eigenvalue weighted by atomic mass is 32.1. The first kappa shape index (κ1) is 16.5. The molecule has 1 atom stereocenters. The van der Waals surface area contributed by atoms with Crippen LogP contribution in [0.5, 0.6) is 0 Å². The standard InChI is InChI=1S/C19H23N3O2S/c1-14-6-8-21(9-7-14)13-19(23)22-16(17-4-2-10-24-17)12-15(20-22)18-5-3-11-25-18/h2-5,10-11,14,16H,6-9,12-13H2,1H3/p+1/t16-/m0/s1. The van der Waals surface area contributed by atoms with E-state index in [2.05, 4.69) is 18.1 Å². The van der Waals surface area contributed by atoms with Crippen molar-refractivity contribution in [3.05, 3.63) is 46.5 Å².